The first kappa shape index (κ1) is 17.5. The summed E-state index contributed by atoms with van der Waals surface area (Å²) in [5.74, 6) is 1.08. The highest BCUT2D eigenvalue weighted by molar-refractivity contribution is 9.10. The van der Waals surface area contributed by atoms with Gasteiger partial charge in [-0.15, -0.1) is 10.2 Å². The Bertz CT molecular complexity index is 807. The summed E-state index contributed by atoms with van der Waals surface area (Å²) < 4.78 is 12.7. The number of benzene rings is 1. The smallest absolute Gasteiger partial charge is 0.296 e. The fraction of sp³-hybridized carbons (Fsp3) is 0.286. The van der Waals surface area contributed by atoms with Crippen molar-refractivity contribution in [2.75, 3.05) is 20.5 Å². The highest BCUT2D eigenvalue weighted by Crippen LogP contribution is 2.33. The Kier molecular flexibility index (Phi) is 5.78. The second kappa shape index (κ2) is 7.60. The molecule has 0 spiro atoms. The molecule has 0 amide bonds. The fourth-order valence-electron chi connectivity index (χ4n) is 1.85. The summed E-state index contributed by atoms with van der Waals surface area (Å²) in [7, 11) is 3.10. The van der Waals surface area contributed by atoms with E-state index in [2.05, 4.69) is 31.2 Å². The van der Waals surface area contributed by atoms with Gasteiger partial charge in [0.2, 0.25) is 5.16 Å². The van der Waals surface area contributed by atoms with Crippen molar-refractivity contribution >= 4 is 33.9 Å². The van der Waals surface area contributed by atoms with Crippen LogP contribution in [0.15, 0.2) is 31.7 Å². The standard InChI is InChI=1S/C14H15BrN4O3S/c1-8-13(20)19(14(23-4)18-17-8)16-7-9-5-10(15)6-11(21-2)12(9)22-3/h5-7H,1-4H3/b16-7-. The minimum Gasteiger partial charge on any atom is -0.493 e. The van der Waals surface area contributed by atoms with Crippen molar-refractivity contribution in [3.05, 3.63) is 38.2 Å². The third kappa shape index (κ3) is 3.73. The Morgan fingerprint density at radius 1 is 1.30 bits per heavy atom. The van der Waals surface area contributed by atoms with Crippen LogP contribution in [0, 0.1) is 6.92 Å². The number of aryl methyl sites for hydroxylation is 1. The topological polar surface area (TPSA) is 78.6 Å². The van der Waals surface area contributed by atoms with Crippen molar-refractivity contribution in [3.63, 3.8) is 0 Å². The molecule has 7 nitrogen and oxygen atoms in total. The molecule has 0 saturated carbocycles. The molecule has 0 fully saturated rings. The summed E-state index contributed by atoms with van der Waals surface area (Å²) in [5.41, 5.74) is 0.618. The van der Waals surface area contributed by atoms with Crippen molar-refractivity contribution < 1.29 is 9.47 Å². The quantitative estimate of drug-likeness (QED) is 0.567. The predicted octanol–water partition coefficient (Wildman–Crippen LogP) is 2.33. The number of nitrogens with zero attached hydrogens (tertiary/aromatic N) is 4. The molecule has 0 radical (unpaired) electrons. The number of ether oxygens (including phenoxy) is 2. The van der Waals surface area contributed by atoms with Gasteiger partial charge in [-0.1, -0.05) is 27.7 Å². The summed E-state index contributed by atoms with van der Waals surface area (Å²) in [6, 6.07) is 3.60. The van der Waals surface area contributed by atoms with Crippen LogP contribution in [0.5, 0.6) is 11.5 Å². The van der Waals surface area contributed by atoms with E-state index >= 15 is 0 Å². The zero-order valence-corrected chi connectivity index (χ0v) is 15.4. The van der Waals surface area contributed by atoms with Crippen molar-refractivity contribution in [2.45, 2.75) is 12.1 Å². The maximum Gasteiger partial charge on any atom is 0.296 e. The van der Waals surface area contributed by atoms with Gasteiger partial charge >= 0.3 is 0 Å². The van der Waals surface area contributed by atoms with Gasteiger partial charge in [0, 0.05) is 10.0 Å². The molecule has 2 aromatic rings. The maximum absolute atomic E-state index is 12.2. The summed E-state index contributed by atoms with van der Waals surface area (Å²) in [4.78, 5) is 12.2. The molecule has 0 atom stereocenters. The van der Waals surface area contributed by atoms with Crippen molar-refractivity contribution in [2.24, 2.45) is 5.10 Å². The summed E-state index contributed by atoms with van der Waals surface area (Å²) in [6.45, 7) is 1.59. The maximum atomic E-state index is 12.2. The molecular weight excluding hydrogens is 384 g/mol. The number of hydrogen-bond acceptors (Lipinski definition) is 7. The summed E-state index contributed by atoms with van der Waals surface area (Å²) in [6.07, 6.45) is 3.32. The molecule has 0 bridgehead atoms. The van der Waals surface area contributed by atoms with Gasteiger partial charge in [-0.05, 0) is 25.3 Å². The van der Waals surface area contributed by atoms with Crippen LogP contribution in [0.3, 0.4) is 0 Å². The molecule has 1 heterocycles. The van der Waals surface area contributed by atoms with Gasteiger partial charge in [-0.2, -0.15) is 9.78 Å². The first-order chi connectivity index (χ1) is 11.0. The van der Waals surface area contributed by atoms with E-state index in [9.17, 15) is 4.79 Å². The molecule has 122 valence electrons. The fourth-order valence-corrected chi connectivity index (χ4v) is 2.73. The Morgan fingerprint density at radius 3 is 2.65 bits per heavy atom. The van der Waals surface area contributed by atoms with Gasteiger partial charge in [-0.3, -0.25) is 4.79 Å². The molecular formula is C14H15BrN4O3S. The normalized spacial score (nSPS) is 11.0. The van der Waals surface area contributed by atoms with Crippen LogP contribution in [-0.4, -0.2) is 41.6 Å². The Balaban J connectivity index is 2.56. The molecule has 0 N–H and O–H groups in total. The molecule has 0 aliphatic rings. The Labute approximate surface area is 145 Å². The molecule has 23 heavy (non-hydrogen) atoms. The van der Waals surface area contributed by atoms with Crippen LogP contribution in [0.1, 0.15) is 11.3 Å². The monoisotopic (exact) mass is 398 g/mol. The third-order valence-electron chi connectivity index (χ3n) is 2.94. The zero-order valence-electron chi connectivity index (χ0n) is 13.0. The minimum atomic E-state index is -0.318. The Hall–Kier alpha value is -1.87. The van der Waals surface area contributed by atoms with E-state index in [0.29, 0.717) is 22.2 Å². The van der Waals surface area contributed by atoms with Crippen LogP contribution < -0.4 is 15.0 Å². The van der Waals surface area contributed by atoms with Crippen molar-refractivity contribution in [1.82, 2.24) is 14.9 Å². The lowest BCUT2D eigenvalue weighted by Gasteiger charge is -2.11. The SMILES string of the molecule is COc1cc(Br)cc(/C=N\n2c(SC)nnc(C)c2=O)c1OC. The number of methoxy groups -OCH3 is 2. The van der Waals surface area contributed by atoms with Crippen molar-refractivity contribution in [3.8, 4) is 11.5 Å². The van der Waals surface area contributed by atoms with Crippen LogP contribution >= 0.6 is 27.7 Å². The second-order valence-electron chi connectivity index (χ2n) is 4.36. The lowest BCUT2D eigenvalue weighted by atomic mass is 10.2. The van der Waals surface area contributed by atoms with E-state index in [1.165, 1.54) is 22.7 Å². The zero-order chi connectivity index (χ0) is 17.0. The van der Waals surface area contributed by atoms with E-state index in [4.69, 9.17) is 9.47 Å². The van der Waals surface area contributed by atoms with Gasteiger partial charge in [0.05, 0.1) is 20.4 Å². The van der Waals surface area contributed by atoms with Gasteiger partial charge in [0.25, 0.3) is 5.56 Å². The second-order valence-corrected chi connectivity index (χ2v) is 6.05. The first-order valence-corrected chi connectivity index (χ1v) is 8.49. The predicted molar refractivity (Wildman–Crippen MR) is 93.0 cm³/mol. The highest BCUT2D eigenvalue weighted by atomic mass is 79.9. The molecule has 0 saturated heterocycles. The molecule has 0 unspecified atom stereocenters. The van der Waals surface area contributed by atoms with Crippen LogP contribution in [0.25, 0.3) is 0 Å². The van der Waals surface area contributed by atoms with Crippen LogP contribution in [0.2, 0.25) is 0 Å². The highest BCUT2D eigenvalue weighted by Gasteiger charge is 2.12. The van der Waals surface area contributed by atoms with E-state index in [1.54, 1.807) is 33.5 Å². The molecule has 0 aliphatic carbocycles. The molecule has 2 rings (SSSR count). The summed E-state index contributed by atoms with van der Waals surface area (Å²) in [5, 5.41) is 12.4. The lowest BCUT2D eigenvalue weighted by molar-refractivity contribution is 0.354. The molecule has 0 aliphatic heterocycles. The number of aromatic nitrogens is 3. The Morgan fingerprint density at radius 2 is 2.04 bits per heavy atom. The van der Waals surface area contributed by atoms with Gasteiger partial charge in [0.15, 0.2) is 11.5 Å². The van der Waals surface area contributed by atoms with Crippen LogP contribution in [0.4, 0.5) is 0 Å². The first-order valence-electron chi connectivity index (χ1n) is 6.48. The molecule has 9 heteroatoms. The number of halogens is 1. The number of thioether (sulfide) groups is 1. The average molecular weight is 399 g/mol. The van der Waals surface area contributed by atoms with E-state index < -0.39 is 0 Å². The largest absolute Gasteiger partial charge is 0.493 e. The van der Waals surface area contributed by atoms with Crippen LogP contribution in [-0.2, 0) is 0 Å². The lowest BCUT2D eigenvalue weighted by Crippen LogP contribution is -2.23. The summed E-state index contributed by atoms with van der Waals surface area (Å²) >= 11 is 4.69. The number of hydrogen-bond donors (Lipinski definition) is 0. The van der Waals surface area contributed by atoms with E-state index in [-0.39, 0.29) is 11.3 Å². The van der Waals surface area contributed by atoms with E-state index in [1.807, 2.05) is 6.07 Å². The number of rotatable bonds is 5. The third-order valence-corrected chi connectivity index (χ3v) is 4.01. The van der Waals surface area contributed by atoms with Crippen molar-refractivity contribution in [1.29, 1.82) is 0 Å². The van der Waals surface area contributed by atoms with Gasteiger partial charge in [-0.25, -0.2) is 0 Å². The molecule has 1 aromatic carbocycles. The van der Waals surface area contributed by atoms with Gasteiger partial charge < -0.3 is 9.47 Å². The van der Waals surface area contributed by atoms with Gasteiger partial charge in [0.1, 0.15) is 5.69 Å². The van der Waals surface area contributed by atoms with E-state index in [0.717, 1.165) is 4.47 Å². The molecule has 1 aromatic heterocycles. The minimum absolute atomic E-state index is 0.277. The average Bonchev–Trinajstić information content (AvgIpc) is 2.55.